The summed E-state index contributed by atoms with van der Waals surface area (Å²) in [6.07, 6.45) is 2.98. The first kappa shape index (κ1) is 11.2. The van der Waals surface area contributed by atoms with Gasteiger partial charge in [-0.05, 0) is 39.3 Å². The van der Waals surface area contributed by atoms with E-state index in [0.29, 0.717) is 6.04 Å². The van der Waals surface area contributed by atoms with Crippen molar-refractivity contribution in [3.63, 3.8) is 0 Å². The maximum atomic E-state index is 4.38. The Balaban J connectivity index is 2.75. The van der Waals surface area contributed by atoms with Crippen LogP contribution < -0.4 is 5.32 Å². The first-order valence-corrected chi connectivity index (χ1v) is 5.25. The molecule has 2 nitrogen and oxygen atoms in total. The van der Waals surface area contributed by atoms with Crippen molar-refractivity contribution in [2.45, 2.75) is 45.7 Å². The second-order valence-corrected chi connectivity index (χ2v) is 4.29. The van der Waals surface area contributed by atoms with Crippen LogP contribution in [0.2, 0.25) is 0 Å². The molecule has 2 heteroatoms. The normalized spacial score (nSPS) is 14.0. The van der Waals surface area contributed by atoms with Crippen molar-refractivity contribution in [2.75, 3.05) is 0 Å². The maximum absolute atomic E-state index is 4.38. The molecule has 0 aliphatic carbocycles. The van der Waals surface area contributed by atoms with Gasteiger partial charge in [0.05, 0.1) is 11.2 Å². The summed E-state index contributed by atoms with van der Waals surface area (Å²) in [5, 5.41) is 3.56. The monoisotopic (exact) mass is 192 g/mol. The van der Waals surface area contributed by atoms with Gasteiger partial charge in [0.1, 0.15) is 0 Å². The SMILES string of the molecule is CCC(C)NC(C)(C)c1ccccn1. The quantitative estimate of drug-likeness (QED) is 0.793. The van der Waals surface area contributed by atoms with Gasteiger partial charge >= 0.3 is 0 Å². The molecule has 1 heterocycles. The number of nitrogens with one attached hydrogen (secondary N) is 1. The third-order valence-electron chi connectivity index (χ3n) is 2.52. The Morgan fingerprint density at radius 3 is 2.64 bits per heavy atom. The minimum Gasteiger partial charge on any atom is -0.304 e. The van der Waals surface area contributed by atoms with Crippen LogP contribution in [0.5, 0.6) is 0 Å². The Morgan fingerprint density at radius 1 is 1.43 bits per heavy atom. The molecule has 14 heavy (non-hydrogen) atoms. The van der Waals surface area contributed by atoms with Gasteiger partial charge in [0, 0.05) is 12.2 Å². The molecule has 1 aromatic rings. The van der Waals surface area contributed by atoms with E-state index in [2.05, 4.69) is 44.1 Å². The summed E-state index contributed by atoms with van der Waals surface area (Å²) in [5.74, 6) is 0. The predicted octanol–water partition coefficient (Wildman–Crippen LogP) is 2.70. The molecule has 0 saturated carbocycles. The van der Waals surface area contributed by atoms with Gasteiger partial charge in [-0.1, -0.05) is 13.0 Å². The molecule has 0 radical (unpaired) electrons. The lowest BCUT2D eigenvalue weighted by Crippen LogP contribution is -2.42. The number of hydrogen-bond donors (Lipinski definition) is 1. The molecule has 1 unspecified atom stereocenters. The molecule has 0 aliphatic heterocycles. The zero-order valence-electron chi connectivity index (χ0n) is 9.54. The van der Waals surface area contributed by atoms with Gasteiger partial charge in [-0.15, -0.1) is 0 Å². The Hall–Kier alpha value is -0.890. The van der Waals surface area contributed by atoms with Gasteiger partial charge in [-0.25, -0.2) is 0 Å². The van der Waals surface area contributed by atoms with Gasteiger partial charge in [0.2, 0.25) is 0 Å². The van der Waals surface area contributed by atoms with Gasteiger partial charge in [-0.3, -0.25) is 4.98 Å². The topological polar surface area (TPSA) is 24.9 Å². The highest BCUT2D eigenvalue weighted by molar-refractivity contribution is 5.13. The number of nitrogens with zero attached hydrogens (tertiary/aromatic N) is 1. The molecule has 0 fully saturated rings. The highest BCUT2D eigenvalue weighted by Crippen LogP contribution is 2.18. The lowest BCUT2D eigenvalue weighted by atomic mass is 9.98. The van der Waals surface area contributed by atoms with Crippen LogP contribution in [0, 0.1) is 0 Å². The Labute approximate surface area is 86.8 Å². The van der Waals surface area contributed by atoms with Gasteiger partial charge in [0.15, 0.2) is 0 Å². The fourth-order valence-corrected chi connectivity index (χ4v) is 1.52. The smallest absolute Gasteiger partial charge is 0.0599 e. The molecule has 0 amide bonds. The van der Waals surface area contributed by atoms with Gasteiger partial charge in [-0.2, -0.15) is 0 Å². The fraction of sp³-hybridized carbons (Fsp3) is 0.583. The summed E-state index contributed by atoms with van der Waals surface area (Å²) >= 11 is 0. The zero-order valence-corrected chi connectivity index (χ0v) is 9.54. The molecule has 0 spiro atoms. The van der Waals surface area contributed by atoms with Crippen molar-refractivity contribution in [1.29, 1.82) is 0 Å². The van der Waals surface area contributed by atoms with E-state index < -0.39 is 0 Å². The summed E-state index contributed by atoms with van der Waals surface area (Å²) in [5.41, 5.74) is 1.05. The fourth-order valence-electron chi connectivity index (χ4n) is 1.52. The maximum Gasteiger partial charge on any atom is 0.0599 e. The molecule has 0 bridgehead atoms. The van der Waals surface area contributed by atoms with Crippen LogP contribution >= 0.6 is 0 Å². The third-order valence-corrected chi connectivity index (χ3v) is 2.52. The second-order valence-electron chi connectivity index (χ2n) is 4.29. The van der Waals surface area contributed by atoms with E-state index >= 15 is 0 Å². The summed E-state index contributed by atoms with van der Waals surface area (Å²) in [4.78, 5) is 4.38. The first-order valence-electron chi connectivity index (χ1n) is 5.25. The van der Waals surface area contributed by atoms with Gasteiger partial charge < -0.3 is 5.32 Å². The van der Waals surface area contributed by atoms with E-state index in [1.807, 2.05) is 18.3 Å². The molecule has 1 rings (SSSR count). The standard InChI is InChI=1S/C12H20N2/c1-5-10(2)14-12(3,4)11-8-6-7-9-13-11/h6-10,14H,5H2,1-4H3. The molecule has 1 atom stereocenters. The molecule has 78 valence electrons. The molecule has 0 saturated heterocycles. The predicted molar refractivity (Wildman–Crippen MR) is 60.2 cm³/mol. The van der Waals surface area contributed by atoms with Gasteiger partial charge in [0.25, 0.3) is 0 Å². The number of aromatic nitrogens is 1. The average molecular weight is 192 g/mol. The van der Waals surface area contributed by atoms with Crippen LogP contribution in [-0.4, -0.2) is 11.0 Å². The zero-order chi connectivity index (χ0) is 10.6. The van der Waals surface area contributed by atoms with E-state index in [1.54, 1.807) is 0 Å². The molecular weight excluding hydrogens is 172 g/mol. The lowest BCUT2D eigenvalue weighted by Gasteiger charge is -2.29. The molecule has 0 aliphatic rings. The Morgan fingerprint density at radius 2 is 2.14 bits per heavy atom. The second kappa shape index (κ2) is 4.56. The Kier molecular flexibility index (Phi) is 3.64. The van der Waals surface area contributed by atoms with E-state index in [-0.39, 0.29) is 5.54 Å². The summed E-state index contributed by atoms with van der Waals surface area (Å²) < 4.78 is 0. The first-order chi connectivity index (χ1) is 6.56. The van der Waals surface area contributed by atoms with Crippen LogP contribution in [0.1, 0.15) is 39.8 Å². The van der Waals surface area contributed by atoms with Crippen molar-refractivity contribution >= 4 is 0 Å². The number of rotatable bonds is 4. The van der Waals surface area contributed by atoms with Crippen LogP contribution in [0.4, 0.5) is 0 Å². The van der Waals surface area contributed by atoms with Crippen molar-refractivity contribution < 1.29 is 0 Å². The van der Waals surface area contributed by atoms with E-state index in [0.717, 1.165) is 12.1 Å². The van der Waals surface area contributed by atoms with Crippen molar-refractivity contribution in [3.8, 4) is 0 Å². The molecule has 1 N–H and O–H groups in total. The summed E-state index contributed by atoms with van der Waals surface area (Å²) in [7, 11) is 0. The van der Waals surface area contributed by atoms with Crippen LogP contribution in [0.25, 0.3) is 0 Å². The van der Waals surface area contributed by atoms with E-state index in [4.69, 9.17) is 0 Å². The minimum atomic E-state index is -0.0450. The minimum absolute atomic E-state index is 0.0450. The number of pyridine rings is 1. The summed E-state index contributed by atoms with van der Waals surface area (Å²) in [6, 6.07) is 6.56. The van der Waals surface area contributed by atoms with Crippen LogP contribution in [0.3, 0.4) is 0 Å². The average Bonchev–Trinajstić information content (AvgIpc) is 2.18. The molecule has 0 aromatic carbocycles. The third kappa shape index (κ3) is 2.81. The lowest BCUT2D eigenvalue weighted by molar-refractivity contribution is 0.339. The molecule has 1 aromatic heterocycles. The van der Waals surface area contributed by atoms with Crippen LogP contribution in [-0.2, 0) is 5.54 Å². The van der Waals surface area contributed by atoms with E-state index in [1.165, 1.54) is 0 Å². The highest BCUT2D eigenvalue weighted by Gasteiger charge is 2.22. The van der Waals surface area contributed by atoms with E-state index in [9.17, 15) is 0 Å². The Bertz CT molecular complexity index is 267. The van der Waals surface area contributed by atoms with Crippen LogP contribution in [0.15, 0.2) is 24.4 Å². The molecular formula is C12H20N2. The highest BCUT2D eigenvalue weighted by atomic mass is 15.0. The number of hydrogen-bond acceptors (Lipinski definition) is 2. The van der Waals surface area contributed by atoms with Crippen molar-refractivity contribution in [2.24, 2.45) is 0 Å². The summed E-state index contributed by atoms with van der Waals surface area (Å²) in [6.45, 7) is 8.72. The largest absolute Gasteiger partial charge is 0.304 e. The van der Waals surface area contributed by atoms with Crippen molar-refractivity contribution in [1.82, 2.24) is 10.3 Å². The van der Waals surface area contributed by atoms with Crippen molar-refractivity contribution in [3.05, 3.63) is 30.1 Å².